The van der Waals surface area contributed by atoms with Crippen molar-refractivity contribution < 1.29 is 4.74 Å². The van der Waals surface area contributed by atoms with Gasteiger partial charge in [0.1, 0.15) is 6.61 Å². The van der Waals surface area contributed by atoms with Gasteiger partial charge < -0.3 is 4.74 Å². The van der Waals surface area contributed by atoms with E-state index in [-0.39, 0.29) is 5.54 Å². The molecule has 2 nitrogen and oxygen atoms in total. The second kappa shape index (κ2) is 13.3. The summed E-state index contributed by atoms with van der Waals surface area (Å²) in [5, 5.41) is 0. The Bertz CT molecular complexity index is 393. The SMILES string of the molecule is CCCCC/C=C\C=C\CCCCCCCCC1=NC(C)(C)CO1. The topological polar surface area (TPSA) is 21.6 Å². The van der Waals surface area contributed by atoms with E-state index in [1.54, 1.807) is 0 Å². The molecule has 2 heteroatoms. The Hall–Kier alpha value is -1.05. The van der Waals surface area contributed by atoms with E-state index in [0.29, 0.717) is 0 Å². The maximum Gasteiger partial charge on any atom is 0.183 e. The van der Waals surface area contributed by atoms with Gasteiger partial charge in [0.05, 0.1) is 5.54 Å². The summed E-state index contributed by atoms with van der Waals surface area (Å²) in [6.07, 6.45) is 24.4. The molecular weight excluding hydrogens is 294 g/mol. The van der Waals surface area contributed by atoms with Crippen LogP contribution in [0.2, 0.25) is 0 Å². The highest BCUT2D eigenvalue weighted by Gasteiger charge is 2.25. The molecule has 0 aromatic carbocycles. The van der Waals surface area contributed by atoms with Crippen LogP contribution in [0.25, 0.3) is 0 Å². The summed E-state index contributed by atoms with van der Waals surface area (Å²) in [7, 11) is 0. The Kier molecular flexibility index (Phi) is 11.6. The van der Waals surface area contributed by atoms with Gasteiger partial charge in [-0.3, -0.25) is 0 Å². The Morgan fingerprint density at radius 2 is 1.46 bits per heavy atom. The summed E-state index contributed by atoms with van der Waals surface area (Å²) in [4.78, 5) is 4.61. The van der Waals surface area contributed by atoms with E-state index >= 15 is 0 Å². The van der Waals surface area contributed by atoms with Crippen LogP contribution < -0.4 is 0 Å². The Balaban J connectivity index is 1.84. The van der Waals surface area contributed by atoms with Crippen molar-refractivity contribution in [2.75, 3.05) is 6.61 Å². The first kappa shape index (κ1) is 21.0. The molecule has 0 spiro atoms. The molecule has 1 rings (SSSR count). The zero-order chi connectivity index (χ0) is 17.5. The molecule has 1 aliphatic heterocycles. The van der Waals surface area contributed by atoms with Crippen LogP contribution in [0.1, 0.15) is 97.8 Å². The van der Waals surface area contributed by atoms with E-state index in [2.05, 4.69) is 50.1 Å². The first-order chi connectivity index (χ1) is 11.6. The molecule has 0 atom stereocenters. The van der Waals surface area contributed by atoms with Gasteiger partial charge in [-0.25, -0.2) is 4.99 Å². The fourth-order valence-corrected chi connectivity index (χ4v) is 2.90. The third-order valence-electron chi connectivity index (χ3n) is 4.39. The maximum atomic E-state index is 5.62. The molecule has 24 heavy (non-hydrogen) atoms. The largest absolute Gasteiger partial charge is 0.478 e. The van der Waals surface area contributed by atoms with Crippen molar-refractivity contribution >= 4 is 5.90 Å². The van der Waals surface area contributed by atoms with Crippen LogP contribution in [0, 0.1) is 0 Å². The summed E-state index contributed by atoms with van der Waals surface area (Å²) in [6, 6.07) is 0. The molecule has 138 valence electrons. The molecule has 1 heterocycles. The van der Waals surface area contributed by atoms with E-state index in [1.165, 1.54) is 70.6 Å². The van der Waals surface area contributed by atoms with Crippen molar-refractivity contribution in [2.24, 2.45) is 4.99 Å². The minimum Gasteiger partial charge on any atom is -0.478 e. The monoisotopic (exact) mass is 333 g/mol. The van der Waals surface area contributed by atoms with Gasteiger partial charge in [-0.05, 0) is 46.0 Å². The molecule has 1 aliphatic rings. The molecule has 0 fully saturated rings. The number of aliphatic imine (C=N–C) groups is 1. The fourth-order valence-electron chi connectivity index (χ4n) is 2.90. The number of hydrogen-bond donors (Lipinski definition) is 0. The number of nitrogens with zero attached hydrogens (tertiary/aromatic N) is 1. The minimum absolute atomic E-state index is 0.00749. The highest BCUT2D eigenvalue weighted by atomic mass is 16.5. The van der Waals surface area contributed by atoms with Crippen molar-refractivity contribution in [3.8, 4) is 0 Å². The standard InChI is InChI=1S/C22H39NO/c1-4-5-6-7-8-9-10-11-12-13-14-15-16-17-18-19-21-23-22(2,3)20-24-21/h8-11H,4-7,12-20H2,1-3H3/b9-8-,11-10+. The van der Waals surface area contributed by atoms with Crippen LogP contribution in [-0.4, -0.2) is 18.0 Å². The lowest BCUT2D eigenvalue weighted by molar-refractivity contribution is 0.273. The molecule has 0 saturated heterocycles. The Morgan fingerprint density at radius 3 is 2.04 bits per heavy atom. The van der Waals surface area contributed by atoms with Crippen molar-refractivity contribution in [2.45, 2.75) is 103 Å². The second-order valence-corrected chi connectivity index (χ2v) is 7.62. The normalized spacial score (nSPS) is 16.9. The summed E-state index contributed by atoms with van der Waals surface area (Å²) in [5.41, 5.74) is 0.00749. The number of ether oxygens (including phenoxy) is 1. The van der Waals surface area contributed by atoms with Gasteiger partial charge in [-0.15, -0.1) is 0 Å². The van der Waals surface area contributed by atoms with E-state index in [0.717, 1.165) is 18.9 Å². The first-order valence-corrected chi connectivity index (χ1v) is 10.2. The lowest BCUT2D eigenvalue weighted by Gasteiger charge is -2.07. The van der Waals surface area contributed by atoms with Crippen LogP contribution in [0.4, 0.5) is 0 Å². The van der Waals surface area contributed by atoms with Gasteiger partial charge in [0.2, 0.25) is 0 Å². The average Bonchev–Trinajstić information content (AvgIpc) is 2.90. The summed E-state index contributed by atoms with van der Waals surface area (Å²) < 4.78 is 5.62. The van der Waals surface area contributed by atoms with Crippen LogP contribution >= 0.6 is 0 Å². The number of hydrogen-bond acceptors (Lipinski definition) is 2. The molecule has 0 saturated carbocycles. The molecule has 0 amide bonds. The second-order valence-electron chi connectivity index (χ2n) is 7.62. The van der Waals surface area contributed by atoms with Crippen molar-refractivity contribution in [1.82, 2.24) is 0 Å². The highest BCUT2D eigenvalue weighted by Crippen LogP contribution is 2.19. The minimum atomic E-state index is 0.00749. The first-order valence-electron chi connectivity index (χ1n) is 10.2. The van der Waals surface area contributed by atoms with Gasteiger partial charge in [0, 0.05) is 6.42 Å². The third kappa shape index (κ3) is 11.5. The fraction of sp³-hybridized carbons (Fsp3) is 0.773. The molecule has 0 N–H and O–H groups in total. The lowest BCUT2D eigenvalue weighted by atomic mass is 10.1. The van der Waals surface area contributed by atoms with E-state index < -0.39 is 0 Å². The number of rotatable bonds is 14. The molecule has 0 unspecified atom stereocenters. The molecule has 0 aliphatic carbocycles. The molecule has 0 aromatic heterocycles. The third-order valence-corrected chi connectivity index (χ3v) is 4.39. The average molecular weight is 334 g/mol. The lowest BCUT2D eigenvalue weighted by Crippen LogP contribution is -2.17. The van der Waals surface area contributed by atoms with Gasteiger partial charge >= 0.3 is 0 Å². The van der Waals surface area contributed by atoms with Gasteiger partial charge in [0.25, 0.3) is 0 Å². The number of unbranched alkanes of at least 4 members (excludes halogenated alkanes) is 9. The number of allylic oxidation sites excluding steroid dienone is 4. The summed E-state index contributed by atoms with van der Waals surface area (Å²) in [6.45, 7) is 7.28. The van der Waals surface area contributed by atoms with E-state index in [4.69, 9.17) is 4.74 Å². The van der Waals surface area contributed by atoms with Crippen LogP contribution in [0.15, 0.2) is 29.3 Å². The zero-order valence-corrected chi connectivity index (χ0v) is 16.4. The van der Waals surface area contributed by atoms with Crippen molar-refractivity contribution in [3.63, 3.8) is 0 Å². The van der Waals surface area contributed by atoms with Crippen molar-refractivity contribution in [1.29, 1.82) is 0 Å². The predicted molar refractivity (Wildman–Crippen MR) is 107 cm³/mol. The zero-order valence-electron chi connectivity index (χ0n) is 16.4. The Morgan fingerprint density at radius 1 is 0.875 bits per heavy atom. The molecular formula is C22H39NO. The molecule has 0 radical (unpaired) electrons. The van der Waals surface area contributed by atoms with Crippen molar-refractivity contribution in [3.05, 3.63) is 24.3 Å². The molecule has 0 bridgehead atoms. The van der Waals surface area contributed by atoms with Gasteiger partial charge in [0.15, 0.2) is 5.90 Å². The smallest absolute Gasteiger partial charge is 0.183 e. The van der Waals surface area contributed by atoms with Gasteiger partial charge in [-0.2, -0.15) is 0 Å². The van der Waals surface area contributed by atoms with Crippen LogP contribution in [0.5, 0.6) is 0 Å². The Labute approximate surface area is 150 Å². The highest BCUT2D eigenvalue weighted by molar-refractivity contribution is 5.78. The maximum absolute atomic E-state index is 5.62. The van der Waals surface area contributed by atoms with E-state index in [9.17, 15) is 0 Å². The van der Waals surface area contributed by atoms with E-state index in [1.807, 2.05) is 0 Å². The predicted octanol–water partition coefficient (Wildman–Crippen LogP) is 7.01. The summed E-state index contributed by atoms with van der Waals surface area (Å²) in [5.74, 6) is 0.980. The quantitative estimate of drug-likeness (QED) is 0.247. The van der Waals surface area contributed by atoms with Gasteiger partial charge in [-0.1, -0.05) is 69.8 Å². The summed E-state index contributed by atoms with van der Waals surface area (Å²) >= 11 is 0. The molecule has 0 aromatic rings. The van der Waals surface area contributed by atoms with Crippen LogP contribution in [-0.2, 0) is 4.74 Å². The van der Waals surface area contributed by atoms with Crippen LogP contribution in [0.3, 0.4) is 0 Å².